The molecule has 0 saturated heterocycles. The summed E-state index contributed by atoms with van der Waals surface area (Å²) in [5, 5.41) is 3.57. The molecule has 0 heterocycles. The van der Waals surface area contributed by atoms with Crippen LogP contribution in [0.3, 0.4) is 0 Å². The molecule has 0 aliphatic heterocycles. The predicted octanol–water partition coefficient (Wildman–Crippen LogP) is 5.16. The molecule has 0 aliphatic rings. The second-order valence-electron chi connectivity index (χ2n) is 7.10. The van der Waals surface area contributed by atoms with E-state index in [2.05, 4.69) is 5.32 Å². The molecular weight excluding hydrogens is 432 g/mol. The van der Waals surface area contributed by atoms with Crippen LogP contribution in [0.25, 0.3) is 0 Å². The minimum absolute atomic E-state index is 0.0161. The first-order chi connectivity index (χ1) is 15.0. The van der Waals surface area contributed by atoms with E-state index in [1.54, 1.807) is 23.8 Å². The molecule has 0 radical (unpaired) electrons. The van der Waals surface area contributed by atoms with Crippen molar-refractivity contribution >= 4 is 35.2 Å². The van der Waals surface area contributed by atoms with Crippen molar-refractivity contribution in [1.29, 1.82) is 0 Å². The van der Waals surface area contributed by atoms with E-state index in [-0.39, 0.29) is 11.8 Å². The Bertz CT molecular complexity index is 845. The zero-order valence-electron chi connectivity index (χ0n) is 18.4. The average molecular weight is 463 g/mol. The molecule has 2 aromatic carbocycles. The van der Waals surface area contributed by atoms with E-state index in [4.69, 9.17) is 16.3 Å². The van der Waals surface area contributed by atoms with Crippen LogP contribution in [0.5, 0.6) is 5.75 Å². The summed E-state index contributed by atoms with van der Waals surface area (Å²) in [6.45, 7) is 4.72. The topological polar surface area (TPSA) is 58.6 Å². The van der Waals surface area contributed by atoms with Crippen molar-refractivity contribution in [3.8, 4) is 5.75 Å². The van der Waals surface area contributed by atoms with Gasteiger partial charge in [-0.05, 0) is 67.5 Å². The van der Waals surface area contributed by atoms with Gasteiger partial charge in [-0.25, -0.2) is 0 Å². The van der Waals surface area contributed by atoms with E-state index in [1.807, 2.05) is 62.4 Å². The molecule has 31 heavy (non-hydrogen) atoms. The minimum Gasteiger partial charge on any atom is -0.497 e. The summed E-state index contributed by atoms with van der Waals surface area (Å²) in [4.78, 5) is 28.6. The van der Waals surface area contributed by atoms with Crippen molar-refractivity contribution < 1.29 is 14.3 Å². The van der Waals surface area contributed by atoms with Crippen molar-refractivity contribution in [2.75, 3.05) is 19.4 Å². The second-order valence-corrected chi connectivity index (χ2v) is 8.70. The van der Waals surface area contributed by atoms with Gasteiger partial charge in [0.05, 0.1) is 7.11 Å². The molecule has 5 nitrogen and oxygen atoms in total. The van der Waals surface area contributed by atoms with Crippen LogP contribution < -0.4 is 10.1 Å². The molecule has 0 unspecified atom stereocenters. The number of rotatable bonds is 12. The smallest absolute Gasteiger partial charge is 0.242 e. The lowest BCUT2D eigenvalue weighted by molar-refractivity contribution is -0.141. The number of thioether (sulfide) groups is 1. The van der Waals surface area contributed by atoms with Gasteiger partial charge in [0.1, 0.15) is 11.8 Å². The predicted molar refractivity (Wildman–Crippen MR) is 128 cm³/mol. The number of halogens is 1. The number of benzene rings is 2. The van der Waals surface area contributed by atoms with E-state index < -0.39 is 6.04 Å². The van der Waals surface area contributed by atoms with E-state index in [0.29, 0.717) is 31.0 Å². The van der Waals surface area contributed by atoms with Gasteiger partial charge in [-0.15, -0.1) is 11.8 Å². The van der Waals surface area contributed by atoms with Gasteiger partial charge in [-0.3, -0.25) is 9.59 Å². The summed E-state index contributed by atoms with van der Waals surface area (Å²) >= 11 is 7.62. The molecule has 0 spiro atoms. The van der Waals surface area contributed by atoms with Crippen LogP contribution in [-0.4, -0.2) is 42.2 Å². The zero-order valence-corrected chi connectivity index (χ0v) is 20.0. The number of amides is 2. The Morgan fingerprint density at radius 1 is 1.16 bits per heavy atom. The monoisotopic (exact) mass is 462 g/mol. The second kappa shape index (κ2) is 13.3. The van der Waals surface area contributed by atoms with Crippen molar-refractivity contribution in [3.63, 3.8) is 0 Å². The Labute approximate surface area is 194 Å². The first kappa shape index (κ1) is 25.1. The normalized spacial score (nSPS) is 11.6. The average Bonchev–Trinajstić information content (AvgIpc) is 2.78. The molecule has 7 heteroatoms. The van der Waals surface area contributed by atoms with E-state index in [9.17, 15) is 9.59 Å². The summed E-state index contributed by atoms with van der Waals surface area (Å²) in [5.74, 6) is 1.42. The van der Waals surface area contributed by atoms with Crippen molar-refractivity contribution in [1.82, 2.24) is 10.2 Å². The Morgan fingerprint density at radius 3 is 2.55 bits per heavy atom. The fourth-order valence-corrected chi connectivity index (χ4v) is 4.25. The quantitative estimate of drug-likeness (QED) is 0.349. The number of nitrogens with one attached hydrogen (secondary N) is 1. The van der Waals surface area contributed by atoms with Crippen LogP contribution in [0.15, 0.2) is 53.4 Å². The Kier molecular flexibility index (Phi) is 10.7. The lowest BCUT2D eigenvalue weighted by Gasteiger charge is -2.30. The van der Waals surface area contributed by atoms with Gasteiger partial charge in [0.2, 0.25) is 11.8 Å². The standard InChI is InChI=1S/C24H31ClN2O3S/c1-4-22(24(29)26-5-2)27(17-18-8-6-9-20(16-18)30-3)23(28)10-7-15-31-21-13-11-19(25)12-14-21/h6,8-9,11-14,16,22H,4-5,7,10,15,17H2,1-3H3,(H,26,29)/t22-/m0/s1. The Hall–Kier alpha value is -2.18. The number of hydrogen-bond acceptors (Lipinski definition) is 4. The van der Waals surface area contributed by atoms with Crippen LogP contribution in [-0.2, 0) is 16.1 Å². The van der Waals surface area contributed by atoms with E-state index >= 15 is 0 Å². The molecule has 0 fully saturated rings. The highest BCUT2D eigenvalue weighted by atomic mass is 35.5. The Balaban J connectivity index is 2.05. The summed E-state index contributed by atoms with van der Waals surface area (Å²) in [6, 6.07) is 14.8. The molecule has 168 valence electrons. The Morgan fingerprint density at radius 2 is 1.90 bits per heavy atom. The fraction of sp³-hybridized carbons (Fsp3) is 0.417. The molecule has 2 rings (SSSR count). The third kappa shape index (κ3) is 8.11. The van der Waals surface area contributed by atoms with E-state index in [0.717, 1.165) is 28.4 Å². The molecule has 2 aromatic rings. The number of nitrogens with zero attached hydrogens (tertiary/aromatic N) is 1. The first-order valence-corrected chi connectivity index (χ1v) is 11.9. The number of hydrogen-bond donors (Lipinski definition) is 1. The maximum atomic E-state index is 13.2. The van der Waals surface area contributed by atoms with Crippen LogP contribution in [0.4, 0.5) is 0 Å². The van der Waals surface area contributed by atoms with Gasteiger partial charge >= 0.3 is 0 Å². The zero-order chi connectivity index (χ0) is 22.6. The van der Waals surface area contributed by atoms with Crippen LogP contribution in [0.1, 0.15) is 38.7 Å². The van der Waals surface area contributed by atoms with Gasteiger partial charge in [-0.1, -0.05) is 30.7 Å². The van der Waals surface area contributed by atoms with Crippen molar-refractivity contribution in [2.24, 2.45) is 0 Å². The molecule has 1 atom stereocenters. The van der Waals surface area contributed by atoms with Gasteiger partial charge in [0, 0.05) is 29.4 Å². The number of methoxy groups -OCH3 is 1. The highest BCUT2D eigenvalue weighted by Crippen LogP contribution is 2.22. The highest BCUT2D eigenvalue weighted by Gasteiger charge is 2.28. The molecule has 0 aliphatic carbocycles. The van der Waals surface area contributed by atoms with Crippen LogP contribution >= 0.6 is 23.4 Å². The molecular formula is C24H31ClN2O3S. The number of carbonyl (C=O) groups excluding carboxylic acids is 2. The highest BCUT2D eigenvalue weighted by molar-refractivity contribution is 7.99. The van der Waals surface area contributed by atoms with Gasteiger partial charge in [0.25, 0.3) is 0 Å². The maximum absolute atomic E-state index is 13.2. The molecule has 0 bridgehead atoms. The first-order valence-electron chi connectivity index (χ1n) is 10.6. The SMILES string of the molecule is CCNC(=O)[C@H](CC)N(Cc1cccc(OC)c1)C(=O)CCCSc1ccc(Cl)cc1. The summed E-state index contributed by atoms with van der Waals surface area (Å²) in [5.41, 5.74) is 0.936. The van der Waals surface area contributed by atoms with Crippen LogP contribution in [0.2, 0.25) is 5.02 Å². The van der Waals surface area contributed by atoms with Gasteiger partial charge < -0.3 is 15.0 Å². The largest absolute Gasteiger partial charge is 0.497 e. The summed E-state index contributed by atoms with van der Waals surface area (Å²) < 4.78 is 5.30. The summed E-state index contributed by atoms with van der Waals surface area (Å²) in [6.07, 6.45) is 1.67. The number of likely N-dealkylation sites (N-methyl/N-ethyl adjacent to an activating group) is 1. The number of carbonyl (C=O) groups is 2. The van der Waals surface area contributed by atoms with Crippen LogP contribution in [0, 0.1) is 0 Å². The summed E-state index contributed by atoms with van der Waals surface area (Å²) in [7, 11) is 1.62. The van der Waals surface area contributed by atoms with Gasteiger partial charge in [-0.2, -0.15) is 0 Å². The number of ether oxygens (including phenoxy) is 1. The van der Waals surface area contributed by atoms with Crippen molar-refractivity contribution in [2.45, 2.75) is 50.6 Å². The molecule has 2 amide bonds. The lowest BCUT2D eigenvalue weighted by atomic mass is 10.1. The molecule has 1 N–H and O–H groups in total. The van der Waals surface area contributed by atoms with E-state index in [1.165, 1.54) is 0 Å². The van der Waals surface area contributed by atoms with Crippen molar-refractivity contribution in [3.05, 3.63) is 59.1 Å². The maximum Gasteiger partial charge on any atom is 0.242 e. The lowest BCUT2D eigenvalue weighted by Crippen LogP contribution is -2.49. The molecule has 0 aromatic heterocycles. The van der Waals surface area contributed by atoms with Gasteiger partial charge in [0.15, 0.2) is 0 Å². The minimum atomic E-state index is -0.498. The third-order valence-electron chi connectivity index (χ3n) is 4.84. The third-order valence-corrected chi connectivity index (χ3v) is 6.19. The molecule has 0 saturated carbocycles. The fourth-order valence-electron chi connectivity index (χ4n) is 3.27.